The molecule has 0 radical (unpaired) electrons. The van der Waals surface area contributed by atoms with Gasteiger partial charge in [0, 0.05) is 12.6 Å². The largest absolute Gasteiger partial charge is 0.490 e. The van der Waals surface area contributed by atoms with Crippen molar-refractivity contribution in [2.45, 2.75) is 31.7 Å². The van der Waals surface area contributed by atoms with Gasteiger partial charge < -0.3 is 15.6 Å². The summed E-state index contributed by atoms with van der Waals surface area (Å²) in [4.78, 5) is 8.90. The van der Waals surface area contributed by atoms with Gasteiger partial charge in [0.25, 0.3) is 0 Å². The smallest absolute Gasteiger partial charge is 0.475 e. The van der Waals surface area contributed by atoms with E-state index in [4.69, 9.17) is 20.4 Å². The molecule has 1 aliphatic heterocycles. The Bertz CT molecular complexity index is 187. The van der Waals surface area contributed by atoms with Crippen molar-refractivity contribution in [1.82, 2.24) is 0 Å². The number of nitrogens with two attached hydrogens (primary N) is 1. The highest BCUT2D eigenvalue weighted by molar-refractivity contribution is 5.73. The Hall–Kier alpha value is -0.820. The molecule has 14 heavy (non-hydrogen) atoms. The molecule has 1 fully saturated rings. The highest BCUT2D eigenvalue weighted by Crippen LogP contribution is 2.13. The lowest BCUT2D eigenvalue weighted by molar-refractivity contribution is -0.192. The van der Waals surface area contributed by atoms with Gasteiger partial charge in [-0.3, -0.25) is 0 Å². The van der Waals surface area contributed by atoms with Crippen LogP contribution >= 0.6 is 0 Å². The average Bonchev–Trinajstić information content (AvgIpc) is 2.35. The summed E-state index contributed by atoms with van der Waals surface area (Å²) in [5.74, 6) is -2.76. The summed E-state index contributed by atoms with van der Waals surface area (Å²) in [6.07, 6.45) is -3.76. The first-order valence-corrected chi connectivity index (χ1v) is 3.92. The number of hydrogen-bond acceptors (Lipinski definition) is 3. The van der Waals surface area contributed by atoms with E-state index < -0.39 is 12.1 Å². The van der Waals surface area contributed by atoms with Crippen LogP contribution in [0.2, 0.25) is 0 Å². The van der Waals surface area contributed by atoms with Gasteiger partial charge in [-0.05, 0) is 13.3 Å². The summed E-state index contributed by atoms with van der Waals surface area (Å²) >= 11 is 0. The van der Waals surface area contributed by atoms with Crippen LogP contribution in [0.15, 0.2) is 0 Å². The minimum absolute atomic E-state index is 0.292. The van der Waals surface area contributed by atoms with E-state index in [9.17, 15) is 13.2 Å². The van der Waals surface area contributed by atoms with Crippen molar-refractivity contribution in [3.05, 3.63) is 0 Å². The van der Waals surface area contributed by atoms with Gasteiger partial charge in [-0.2, -0.15) is 13.2 Å². The molecule has 1 aliphatic rings. The highest BCUT2D eigenvalue weighted by Gasteiger charge is 2.38. The number of hydrogen-bond donors (Lipinski definition) is 2. The second-order valence-corrected chi connectivity index (χ2v) is 2.83. The Morgan fingerprint density at radius 2 is 2.00 bits per heavy atom. The minimum atomic E-state index is -5.08. The zero-order valence-electron chi connectivity index (χ0n) is 7.54. The third kappa shape index (κ3) is 5.03. The minimum Gasteiger partial charge on any atom is -0.475 e. The monoisotopic (exact) mass is 215 g/mol. The maximum atomic E-state index is 10.6. The van der Waals surface area contributed by atoms with Gasteiger partial charge in [0.05, 0.1) is 6.10 Å². The Balaban J connectivity index is 0.000000241. The van der Waals surface area contributed by atoms with E-state index in [0.717, 1.165) is 13.0 Å². The van der Waals surface area contributed by atoms with Crippen molar-refractivity contribution < 1.29 is 27.8 Å². The number of carboxylic acids is 1. The number of rotatable bonds is 0. The zero-order chi connectivity index (χ0) is 11.4. The van der Waals surface area contributed by atoms with Gasteiger partial charge in [0.1, 0.15) is 0 Å². The lowest BCUT2D eigenvalue weighted by Crippen LogP contribution is -2.26. The van der Waals surface area contributed by atoms with Crippen LogP contribution in [-0.4, -0.2) is 36.0 Å². The van der Waals surface area contributed by atoms with Crippen LogP contribution in [0.3, 0.4) is 0 Å². The van der Waals surface area contributed by atoms with Crippen LogP contribution < -0.4 is 5.73 Å². The van der Waals surface area contributed by atoms with Crippen LogP contribution in [0.1, 0.15) is 13.3 Å². The van der Waals surface area contributed by atoms with Crippen molar-refractivity contribution in [3.63, 3.8) is 0 Å². The number of halogens is 3. The van der Waals surface area contributed by atoms with Crippen LogP contribution in [0.4, 0.5) is 13.2 Å². The fourth-order valence-electron chi connectivity index (χ4n) is 0.748. The maximum Gasteiger partial charge on any atom is 0.490 e. The lowest BCUT2D eigenvalue weighted by atomic mass is 10.2. The SMILES string of the molecule is CC1OCCC1N.O=C(O)C(F)(F)F. The first-order valence-electron chi connectivity index (χ1n) is 3.92. The molecule has 84 valence electrons. The van der Waals surface area contributed by atoms with Crippen molar-refractivity contribution in [1.29, 1.82) is 0 Å². The molecule has 1 heterocycles. The molecular formula is C7H12F3NO3. The Labute approximate surface area is 78.8 Å². The van der Waals surface area contributed by atoms with Crippen LogP contribution in [0.5, 0.6) is 0 Å². The Kier molecular flexibility index (Phi) is 4.86. The van der Waals surface area contributed by atoms with E-state index in [1.807, 2.05) is 6.92 Å². The van der Waals surface area contributed by atoms with Gasteiger partial charge in [0.15, 0.2) is 0 Å². The Morgan fingerprint density at radius 3 is 2.07 bits per heavy atom. The van der Waals surface area contributed by atoms with Gasteiger partial charge in [0.2, 0.25) is 0 Å². The third-order valence-corrected chi connectivity index (χ3v) is 1.68. The molecule has 4 nitrogen and oxygen atoms in total. The highest BCUT2D eigenvalue weighted by atomic mass is 19.4. The average molecular weight is 215 g/mol. The van der Waals surface area contributed by atoms with E-state index in [0.29, 0.717) is 12.1 Å². The topological polar surface area (TPSA) is 72.5 Å². The van der Waals surface area contributed by atoms with Gasteiger partial charge >= 0.3 is 12.1 Å². The molecule has 2 atom stereocenters. The molecular weight excluding hydrogens is 203 g/mol. The molecule has 0 aromatic heterocycles. The molecule has 0 bridgehead atoms. The van der Waals surface area contributed by atoms with Crippen LogP contribution in [-0.2, 0) is 9.53 Å². The summed E-state index contributed by atoms with van der Waals surface area (Å²) in [5, 5.41) is 7.12. The maximum absolute atomic E-state index is 10.6. The summed E-state index contributed by atoms with van der Waals surface area (Å²) in [6, 6.07) is 0.292. The molecule has 2 unspecified atom stereocenters. The molecule has 1 rings (SSSR count). The number of ether oxygens (including phenoxy) is 1. The summed E-state index contributed by atoms with van der Waals surface area (Å²) < 4.78 is 36.9. The summed E-state index contributed by atoms with van der Waals surface area (Å²) in [5.41, 5.74) is 5.55. The molecule has 0 aliphatic carbocycles. The fraction of sp³-hybridized carbons (Fsp3) is 0.857. The first-order chi connectivity index (χ1) is 6.25. The van der Waals surface area contributed by atoms with Crippen molar-refractivity contribution >= 4 is 5.97 Å². The molecule has 0 aromatic rings. The number of alkyl halides is 3. The van der Waals surface area contributed by atoms with E-state index in [1.54, 1.807) is 0 Å². The second-order valence-electron chi connectivity index (χ2n) is 2.83. The molecule has 0 amide bonds. The van der Waals surface area contributed by atoms with Crippen LogP contribution in [0, 0.1) is 0 Å². The van der Waals surface area contributed by atoms with Gasteiger partial charge in [-0.1, -0.05) is 0 Å². The quantitative estimate of drug-likeness (QED) is 0.625. The molecule has 0 saturated carbocycles. The first kappa shape index (κ1) is 13.2. The van der Waals surface area contributed by atoms with Crippen molar-refractivity contribution in [2.75, 3.05) is 6.61 Å². The lowest BCUT2D eigenvalue weighted by Gasteiger charge is -2.04. The fourth-order valence-corrected chi connectivity index (χ4v) is 0.748. The molecule has 0 spiro atoms. The summed E-state index contributed by atoms with van der Waals surface area (Å²) in [7, 11) is 0. The standard InChI is InChI=1S/C5H11NO.C2HF3O2/c1-4-5(6)2-3-7-4;3-2(4,5)1(6)7/h4-5H,2-3,6H2,1H3;(H,6,7). The predicted octanol–water partition coefficient (Wildman–Crippen LogP) is 0.756. The molecule has 0 aromatic carbocycles. The third-order valence-electron chi connectivity index (χ3n) is 1.68. The van der Waals surface area contributed by atoms with E-state index in [2.05, 4.69) is 0 Å². The van der Waals surface area contributed by atoms with E-state index in [-0.39, 0.29) is 0 Å². The van der Waals surface area contributed by atoms with Gasteiger partial charge in [-0.25, -0.2) is 4.79 Å². The zero-order valence-corrected chi connectivity index (χ0v) is 7.54. The second kappa shape index (κ2) is 5.16. The van der Waals surface area contributed by atoms with Crippen molar-refractivity contribution in [2.24, 2.45) is 5.73 Å². The van der Waals surface area contributed by atoms with Crippen LogP contribution in [0.25, 0.3) is 0 Å². The predicted molar refractivity (Wildman–Crippen MR) is 41.7 cm³/mol. The Morgan fingerprint density at radius 1 is 1.57 bits per heavy atom. The molecule has 1 saturated heterocycles. The van der Waals surface area contributed by atoms with E-state index in [1.165, 1.54) is 0 Å². The number of aliphatic carboxylic acids is 1. The van der Waals surface area contributed by atoms with Crippen molar-refractivity contribution in [3.8, 4) is 0 Å². The molecule has 7 heteroatoms. The number of carboxylic acid groups (broad SMARTS) is 1. The number of carbonyl (C=O) groups is 1. The summed E-state index contributed by atoms with van der Waals surface area (Å²) in [6.45, 7) is 2.86. The molecule has 3 N–H and O–H groups in total. The van der Waals surface area contributed by atoms with E-state index >= 15 is 0 Å². The van der Waals surface area contributed by atoms with Gasteiger partial charge in [-0.15, -0.1) is 0 Å². The normalized spacial score (nSPS) is 26.6.